The van der Waals surface area contributed by atoms with Gasteiger partial charge in [0, 0.05) is 18.9 Å². The average molecular weight is 354 g/mol. The highest BCUT2D eigenvalue weighted by molar-refractivity contribution is 5.87. The Labute approximate surface area is 142 Å². The summed E-state index contributed by atoms with van der Waals surface area (Å²) in [6.07, 6.45) is -3.44. The number of aliphatic carboxylic acids is 1. The zero-order chi connectivity index (χ0) is 18.8. The number of hydrogen-bond donors (Lipinski definition) is 6. The van der Waals surface area contributed by atoms with Crippen LogP contribution in [0.15, 0.2) is 24.3 Å². The van der Waals surface area contributed by atoms with E-state index in [4.69, 9.17) is 9.84 Å². The van der Waals surface area contributed by atoms with Gasteiger partial charge >= 0.3 is 11.9 Å². The number of carboxylic acid groups (broad SMARTS) is 1. The number of carboxylic acids is 1. The molecule has 6 N–H and O–H groups in total. The van der Waals surface area contributed by atoms with Crippen molar-refractivity contribution in [1.82, 2.24) is 0 Å². The minimum atomic E-state index is -2.31. The van der Waals surface area contributed by atoms with Gasteiger partial charge in [-0.3, -0.25) is 0 Å². The second-order valence-electron chi connectivity index (χ2n) is 5.86. The highest BCUT2D eigenvalue weighted by Gasteiger charge is 2.50. The Bertz CT molecular complexity index is 699. The number of carbonyl (C=O) groups is 2. The molecule has 0 heterocycles. The maximum Gasteiger partial charge on any atom is 0.335 e. The van der Waals surface area contributed by atoms with E-state index >= 15 is 0 Å². The van der Waals surface area contributed by atoms with Gasteiger partial charge in [0.2, 0.25) is 0 Å². The van der Waals surface area contributed by atoms with Crippen LogP contribution in [0.1, 0.15) is 18.4 Å². The van der Waals surface area contributed by atoms with Gasteiger partial charge in [-0.1, -0.05) is 6.07 Å². The van der Waals surface area contributed by atoms with Gasteiger partial charge in [0.1, 0.15) is 12.2 Å². The van der Waals surface area contributed by atoms with Gasteiger partial charge in [-0.15, -0.1) is 0 Å². The summed E-state index contributed by atoms with van der Waals surface area (Å²) in [4.78, 5) is 22.9. The number of hydrogen-bond acceptors (Lipinski definition) is 8. The Morgan fingerprint density at radius 3 is 2.44 bits per heavy atom. The van der Waals surface area contributed by atoms with Crippen LogP contribution in [0.2, 0.25) is 0 Å². The lowest BCUT2D eigenvalue weighted by atomic mass is 9.79. The van der Waals surface area contributed by atoms with Crippen molar-refractivity contribution in [2.45, 2.75) is 36.8 Å². The van der Waals surface area contributed by atoms with Crippen LogP contribution in [-0.4, -0.2) is 66.5 Å². The lowest BCUT2D eigenvalue weighted by molar-refractivity contribution is -0.196. The first-order valence-corrected chi connectivity index (χ1v) is 7.35. The molecule has 0 spiro atoms. The minimum absolute atomic E-state index is 0.327. The van der Waals surface area contributed by atoms with Crippen molar-refractivity contribution in [3.05, 3.63) is 29.8 Å². The molecule has 25 heavy (non-hydrogen) atoms. The highest BCUT2D eigenvalue weighted by Crippen LogP contribution is 2.31. The summed E-state index contributed by atoms with van der Waals surface area (Å²) in [5.41, 5.74) is -1.94. The molecule has 1 aliphatic carbocycles. The fourth-order valence-corrected chi connectivity index (χ4v) is 2.53. The average Bonchev–Trinajstić information content (AvgIpc) is 2.53. The number of benzene rings is 1. The third-order valence-corrected chi connectivity index (χ3v) is 3.94. The minimum Gasteiger partial charge on any atom is -0.504 e. The Balaban J connectivity index is 2.06. The maximum atomic E-state index is 11.8. The van der Waals surface area contributed by atoms with E-state index in [0.29, 0.717) is 5.56 Å². The lowest BCUT2D eigenvalue weighted by Crippen LogP contribution is -2.57. The molecular formula is C16H18O9. The van der Waals surface area contributed by atoms with Gasteiger partial charge in [-0.2, -0.15) is 0 Å². The molecule has 1 aliphatic rings. The van der Waals surface area contributed by atoms with Crippen LogP contribution >= 0.6 is 0 Å². The molecule has 0 aliphatic heterocycles. The SMILES string of the molecule is O=C(/C=C\c1ccc(O)c(O)c1)OC1CC(O)(C(=O)O)C[C@H](O)C1O. The van der Waals surface area contributed by atoms with E-state index in [1.807, 2.05) is 0 Å². The molecule has 0 saturated heterocycles. The van der Waals surface area contributed by atoms with Crippen LogP contribution in [0.25, 0.3) is 6.08 Å². The number of aliphatic hydroxyl groups excluding tert-OH is 2. The highest BCUT2D eigenvalue weighted by atomic mass is 16.6. The first kappa shape index (κ1) is 18.7. The molecule has 1 saturated carbocycles. The molecular weight excluding hydrogens is 336 g/mol. The Morgan fingerprint density at radius 1 is 1.16 bits per heavy atom. The van der Waals surface area contributed by atoms with Crippen LogP contribution in [-0.2, 0) is 14.3 Å². The zero-order valence-corrected chi connectivity index (χ0v) is 12.9. The van der Waals surface area contributed by atoms with Crippen LogP contribution in [0.3, 0.4) is 0 Å². The fourth-order valence-electron chi connectivity index (χ4n) is 2.53. The number of phenols is 2. The molecule has 1 aromatic carbocycles. The largest absolute Gasteiger partial charge is 0.504 e. The molecule has 136 valence electrons. The van der Waals surface area contributed by atoms with Gasteiger partial charge in [0.15, 0.2) is 17.1 Å². The predicted octanol–water partition coefficient (Wildman–Crippen LogP) is -0.646. The van der Waals surface area contributed by atoms with Crippen molar-refractivity contribution < 1.29 is 45.0 Å². The zero-order valence-electron chi connectivity index (χ0n) is 12.9. The molecule has 4 atom stereocenters. The van der Waals surface area contributed by atoms with E-state index in [2.05, 4.69) is 0 Å². The fraction of sp³-hybridized carbons (Fsp3) is 0.375. The molecule has 3 unspecified atom stereocenters. The van der Waals surface area contributed by atoms with Crippen LogP contribution < -0.4 is 0 Å². The van der Waals surface area contributed by atoms with Crippen LogP contribution in [0.4, 0.5) is 0 Å². The van der Waals surface area contributed by atoms with Crippen molar-refractivity contribution in [2.24, 2.45) is 0 Å². The summed E-state index contributed by atoms with van der Waals surface area (Å²) in [6, 6.07) is 3.83. The van der Waals surface area contributed by atoms with Crippen molar-refractivity contribution >= 4 is 18.0 Å². The summed E-state index contributed by atoms with van der Waals surface area (Å²) in [5, 5.41) is 57.0. The van der Waals surface area contributed by atoms with E-state index in [-0.39, 0.29) is 11.5 Å². The number of phenolic OH excluding ortho intramolecular Hbond substituents is 2. The topological polar surface area (TPSA) is 165 Å². The van der Waals surface area contributed by atoms with E-state index < -0.39 is 48.7 Å². The van der Waals surface area contributed by atoms with Crippen molar-refractivity contribution in [1.29, 1.82) is 0 Å². The lowest BCUT2D eigenvalue weighted by Gasteiger charge is -2.39. The summed E-state index contributed by atoms with van der Waals surface area (Å²) in [5.74, 6) is -3.24. The van der Waals surface area contributed by atoms with Crippen molar-refractivity contribution in [3.8, 4) is 11.5 Å². The van der Waals surface area contributed by atoms with Gasteiger partial charge in [0.25, 0.3) is 0 Å². The molecule has 9 heteroatoms. The Hall–Kier alpha value is -2.62. The molecule has 2 rings (SSSR count). The smallest absolute Gasteiger partial charge is 0.335 e. The Kier molecular flexibility index (Phi) is 5.31. The molecule has 0 amide bonds. The van der Waals surface area contributed by atoms with Gasteiger partial charge < -0.3 is 35.4 Å². The number of ether oxygens (including phenoxy) is 1. The first-order valence-electron chi connectivity index (χ1n) is 7.35. The summed E-state index contributed by atoms with van der Waals surface area (Å²) >= 11 is 0. The molecule has 1 fully saturated rings. The van der Waals surface area contributed by atoms with E-state index in [1.165, 1.54) is 24.3 Å². The van der Waals surface area contributed by atoms with Gasteiger partial charge in [-0.05, 0) is 23.8 Å². The normalized spacial score (nSPS) is 29.5. The van der Waals surface area contributed by atoms with Crippen LogP contribution in [0.5, 0.6) is 11.5 Å². The quantitative estimate of drug-likeness (QED) is 0.234. The van der Waals surface area contributed by atoms with Gasteiger partial charge in [0.05, 0.1) is 6.10 Å². The number of esters is 1. The van der Waals surface area contributed by atoms with E-state index in [1.54, 1.807) is 0 Å². The summed E-state index contributed by atoms with van der Waals surface area (Å²) in [7, 11) is 0. The number of aliphatic hydroxyl groups is 3. The molecule has 0 aromatic heterocycles. The standard InChI is InChI=1S/C16H18O9/c17-9-3-1-8(5-10(9)18)2-4-13(20)25-12-7-16(24,15(22)23)6-11(19)14(12)21/h1-5,11-12,14,17-19,21,24H,6-7H2,(H,22,23)/b4-2-/t11-,12?,14?,16?/m0/s1. The second-order valence-corrected chi connectivity index (χ2v) is 5.86. The molecule has 1 aromatic rings. The van der Waals surface area contributed by atoms with Crippen molar-refractivity contribution in [3.63, 3.8) is 0 Å². The Morgan fingerprint density at radius 2 is 1.84 bits per heavy atom. The van der Waals surface area contributed by atoms with Gasteiger partial charge in [-0.25, -0.2) is 9.59 Å². The number of rotatable bonds is 4. The first-order chi connectivity index (χ1) is 11.6. The van der Waals surface area contributed by atoms with Crippen LogP contribution in [0, 0.1) is 0 Å². The third kappa shape index (κ3) is 4.27. The van der Waals surface area contributed by atoms with E-state index in [9.17, 15) is 35.1 Å². The molecule has 9 nitrogen and oxygen atoms in total. The number of carbonyl (C=O) groups excluding carboxylic acids is 1. The third-order valence-electron chi connectivity index (χ3n) is 3.94. The summed E-state index contributed by atoms with van der Waals surface area (Å²) in [6.45, 7) is 0. The maximum absolute atomic E-state index is 11.8. The summed E-state index contributed by atoms with van der Waals surface area (Å²) < 4.78 is 4.92. The number of aromatic hydroxyl groups is 2. The van der Waals surface area contributed by atoms with E-state index in [0.717, 1.165) is 6.08 Å². The second kappa shape index (κ2) is 7.09. The molecule has 0 bridgehead atoms. The van der Waals surface area contributed by atoms with Crippen molar-refractivity contribution in [2.75, 3.05) is 0 Å². The monoisotopic (exact) mass is 354 g/mol. The predicted molar refractivity (Wildman–Crippen MR) is 82.5 cm³/mol. The molecule has 0 radical (unpaired) electrons.